The molecular weight excluding hydrogens is 328 g/mol. The zero-order chi connectivity index (χ0) is 15.4. The normalized spacial score (nSPS) is 12.1. The molecule has 1 amide bonds. The van der Waals surface area contributed by atoms with Gasteiger partial charge in [-0.25, -0.2) is 0 Å². The van der Waals surface area contributed by atoms with E-state index >= 15 is 0 Å². The molecule has 0 aliphatic heterocycles. The summed E-state index contributed by atoms with van der Waals surface area (Å²) >= 11 is 8.60. The third kappa shape index (κ3) is 4.33. The largest absolute Gasteiger partial charge is 0.374 e. The first-order valence-electron chi connectivity index (χ1n) is 6.32. The predicted molar refractivity (Wildman–Crippen MR) is 89.1 cm³/mol. The Balaban J connectivity index is 2.07. The van der Waals surface area contributed by atoms with E-state index in [2.05, 4.69) is 15.5 Å². The Labute approximate surface area is 136 Å². The van der Waals surface area contributed by atoms with Crippen LogP contribution >= 0.6 is 34.7 Å². The van der Waals surface area contributed by atoms with E-state index in [1.54, 1.807) is 12.1 Å². The molecule has 1 aromatic heterocycles. The number of carbonyl (C=O) groups excluding carboxylic acids is 1. The van der Waals surface area contributed by atoms with Crippen molar-refractivity contribution in [1.82, 2.24) is 10.2 Å². The van der Waals surface area contributed by atoms with Crippen molar-refractivity contribution < 1.29 is 4.79 Å². The molecule has 1 atom stereocenters. The number of anilines is 2. The molecule has 0 aliphatic rings. The van der Waals surface area contributed by atoms with Crippen LogP contribution in [0.15, 0.2) is 22.5 Å². The lowest BCUT2D eigenvalue weighted by Gasteiger charge is -2.14. The highest BCUT2D eigenvalue weighted by atomic mass is 35.5. The number of carbonyl (C=O) groups is 1. The van der Waals surface area contributed by atoms with Crippen molar-refractivity contribution in [2.24, 2.45) is 0 Å². The molecule has 5 nitrogen and oxygen atoms in total. The van der Waals surface area contributed by atoms with E-state index in [1.807, 2.05) is 19.9 Å². The lowest BCUT2D eigenvalue weighted by molar-refractivity contribution is -0.115. The maximum absolute atomic E-state index is 12.4. The third-order valence-electron chi connectivity index (χ3n) is 2.79. The molecule has 2 aromatic rings. The summed E-state index contributed by atoms with van der Waals surface area (Å²) in [5, 5.41) is 11.3. The number of nitrogens with two attached hydrogens (primary N) is 1. The highest BCUT2D eigenvalue weighted by molar-refractivity contribution is 8.02. The van der Waals surface area contributed by atoms with Crippen LogP contribution in [0.3, 0.4) is 0 Å². The van der Waals surface area contributed by atoms with Gasteiger partial charge >= 0.3 is 0 Å². The zero-order valence-electron chi connectivity index (χ0n) is 11.6. The molecular formula is C13H15ClN4OS2. The Kier molecular flexibility index (Phi) is 5.44. The molecule has 3 N–H and O–H groups in total. The number of aromatic nitrogens is 2. The summed E-state index contributed by atoms with van der Waals surface area (Å²) in [6.07, 6.45) is 0.676. The molecule has 1 unspecified atom stereocenters. The summed E-state index contributed by atoms with van der Waals surface area (Å²) in [5.41, 5.74) is 7.24. The molecule has 0 saturated carbocycles. The van der Waals surface area contributed by atoms with Crippen molar-refractivity contribution in [2.75, 3.05) is 11.1 Å². The predicted octanol–water partition coefficient (Wildman–Crippen LogP) is 3.59. The van der Waals surface area contributed by atoms with E-state index in [0.29, 0.717) is 20.9 Å². The number of halogens is 1. The number of nitrogens with zero attached hydrogens (tertiary/aromatic N) is 2. The first-order chi connectivity index (χ1) is 9.99. The average Bonchev–Trinajstić information content (AvgIpc) is 2.85. The molecule has 21 heavy (non-hydrogen) atoms. The molecule has 0 spiro atoms. The van der Waals surface area contributed by atoms with Crippen LogP contribution in [0.4, 0.5) is 10.8 Å². The van der Waals surface area contributed by atoms with Crippen LogP contribution in [-0.4, -0.2) is 21.4 Å². The standard InChI is InChI=1S/C13H15ClN4OS2/c1-3-10(20-13-18-17-12(15)21-13)11(19)16-9-6-8(14)5-4-7(9)2/h4-6,10H,3H2,1-2H3,(H2,15,17)(H,16,19). The van der Waals surface area contributed by atoms with E-state index < -0.39 is 0 Å². The Bertz CT molecular complexity index is 647. The Morgan fingerprint density at radius 1 is 1.52 bits per heavy atom. The first-order valence-corrected chi connectivity index (χ1v) is 8.39. The van der Waals surface area contributed by atoms with Crippen LogP contribution in [0.1, 0.15) is 18.9 Å². The third-order valence-corrected chi connectivity index (χ3v) is 5.22. The minimum atomic E-state index is -0.254. The number of nitrogens with one attached hydrogen (secondary N) is 1. The number of amides is 1. The number of benzene rings is 1. The van der Waals surface area contributed by atoms with Crippen molar-refractivity contribution in [3.05, 3.63) is 28.8 Å². The Morgan fingerprint density at radius 3 is 2.90 bits per heavy atom. The highest BCUT2D eigenvalue weighted by Crippen LogP contribution is 2.30. The summed E-state index contributed by atoms with van der Waals surface area (Å²) in [6, 6.07) is 5.41. The van der Waals surface area contributed by atoms with Gasteiger partial charge in [0.1, 0.15) is 0 Å². The quantitative estimate of drug-likeness (QED) is 0.811. The van der Waals surface area contributed by atoms with Crippen LogP contribution in [0.5, 0.6) is 0 Å². The van der Waals surface area contributed by atoms with Gasteiger partial charge in [-0.1, -0.05) is 47.7 Å². The number of hydrogen-bond donors (Lipinski definition) is 2. The molecule has 0 aliphatic carbocycles. The summed E-state index contributed by atoms with van der Waals surface area (Å²) in [6.45, 7) is 3.87. The van der Waals surface area contributed by atoms with Gasteiger partial charge in [0, 0.05) is 10.7 Å². The van der Waals surface area contributed by atoms with Crippen molar-refractivity contribution in [2.45, 2.75) is 29.9 Å². The fraction of sp³-hybridized carbons (Fsp3) is 0.308. The van der Waals surface area contributed by atoms with E-state index in [0.717, 1.165) is 11.3 Å². The number of thioether (sulfide) groups is 1. The van der Waals surface area contributed by atoms with Gasteiger partial charge in [0.15, 0.2) is 4.34 Å². The Hall–Kier alpha value is -1.31. The first kappa shape index (κ1) is 16.1. The van der Waals surface area contributed by atoms with Crippen molar-refractivity contribution in [1.29, 1.82) is 0 Å². The molecule has 0 saturated heterocycles. The minimum absolute atomic E-state index is 0.0818. The molecule has 2 rings (SSSR count). The maximum Gasteiger partial charge on any atom is 0.237 e. The topological polar surface area (TPSA) is 80.9 Å². The van der Waals surface area contributed by atoms with Crippen molar-refractivity contribution >= 4 is 51.4 Å². The molecule has 8 heteroatoms. The van der Waals surface area contributed by atoms with E-state index in [-0.39, 0.29) is 11.2 Å². The summed E-state index contributed by atoms with van der Waals surface area (Å²) < 4.78 is 0.692. The van der Waals surface area contributed by atoms with Crippen LogP contribution in [0, 0.1) is 6.92 Å². The summed E-state index contributed by atoms with van der Waals surface area (Å²) in [5.74, 6) is -0.0818. The van der Waals surface area contributed by atoms with Gasteiger partial charge in [0.05, 0.1) is 5.25 Å². The number of nitrogen functional groups attached to an aromatic ring is 1. The fourth-order valence-electron chi connectivity index (χ4n) is 1.65. The van der Waals surface area contributed by atoms with Gasteiger partial charge in [-0.05, 0) is 31.0 Å². The van der Waals surface area contributed by atoms with Gasteiger partial charge in [-0.2, -0.15) is 0 Å². The van der Waals surface area contributed by atoms with Gasteiger partial charge in [0.25, 0.3) is 0 Å². The summed E-state index contributed by atoms with van der Waals surface area (Å²) in [7, 11) is 0. The Morgan fingerprint density at radius 2 is 2.29 bits per heavy atom. The van der Waals surface area contributed by atoms with Crippen LogP contribution < -0.4 is 11.1 Å². The lowest BCUT2D eigenvalue weighted by Crippen LogP contribution is -2.24. The summed E-state index contributed by atoms with van der Waals surface area (Å²) in [4.78, 5) is 12.4. The van der Waals surface area contributed by atoms with Crippen molar-refractivity contribution in [3.8, 4) is 0 Å². The number of rotatable bonds is 5. The van der Waals surface area contributed by atoms with Gasteiger partial charge in [-0.3, -0.25) is 4.79 Å². The second kappa shape index (κ2) is 7.11. The molecule has 0 fully saturated rings. The highest BCUT2D eigenvalue weighted by Gasteiger charge is 2.20. The molecule has 1 heterocycles. The number of hydrogen-bond acceptors (Lipinski definition) is 6. The number of aryl methyl sites for hydroxylation is 1. The van der Waals surface area contributed by atoms with E-state index in [1.165, 1.54) is 23.1 Å². The van der Waals surface area contributed by atoms with Crippen LogP contribution in [-0.2, 0) is 4.79 Å². The van der Waals surface area contributed by atoms with Gasteiger partial charge < -0.3 is 11.1 Å². The monoisotopic (exact) mass is 342 g/mol. The average molecular weight is 343 g/mol. The zero-order valence-corrected chi connectivity index (χ0v) is 14.0. The van der Waals surface area contributed by atoms with Crippen molar-refractivity contribution in [3.63, 3.8) is 0 Å². The minimum Gasteiger partial charge on any atom is -0.374 e. The van der Waals surface area contributed by atoms with Crippen LogP contribution in [0.2, 0.25) is 5.02 Å². The smallest absolute Gasteiger partial charge is 0.237 e. The maximum atomic E-state index is 12.4. The SMILES string of the molecule is CCC(Sc1nnc(N)s1)C(=O)Nc1cc(Cl)ccc1C. The van der Waals surface area contributed by atoms with E-state index in [9.17, 15) is 4.79 Å². The molecule has 0 radical (unpaired) electrons. The fourth-order valence-corrected chi connectivity index (χ4v) is 3.63. The molecule has 112 valence electrons. The van der Waals surface area contributed by atoms with E-state index in [4.69, 9.17) is 17.3 Å². The molecule has 0 bridgehead atoms. The molecule has 1 aromatic carbocycles. The second-order valence-corrected chi connectivity index (χ2v) is 7.26. The van der Waals surface area contributed by atoms with Gasteiger partial charge in [-0.15, -0.1) is 10.2 Å². The second-order valence-electron chi connectivity index (χ2n) is 4.37. The van der Waals surface area contributed by atoms with Gasteiger partial charge in [0.2, 0.25) is 11.0 Å². The lowest BCUT2D eigenvalue weighted by atomic mass is 10.2. The van der Waals surface area contributed by atoms with Crippen LogP contribution in [0.25, 0.3) is 0 Å².